The minimum absolute atomic E-state index is 0.0816. The molecule has 1 aliphatic rings. The molecule has 0 unspecified atom stereocenters. The minimum Gasteiger partial charge on any atom is -0.353 e. The van der Waals surface area contributed by atoms with Gasteiger partial charge in [0.1, 0.15) is 0 Å². The first kappa shape index (κ1) is 12.2. The van der Waals surface area contributed by atoms with Crippen molar-refractivity contribution in [3.05, 3.63) is 24.0 Å². The van der Waals surface area contributed by atoms with Crippen molar-refractivity contribution in [2.24, 2.45) is 7.05 Å². The van der Waals surface area contributed by atoms with Gasteiger partial charge in [0.15, 0.2) is 0 Å². The largest absolute Gasteiger partial charge is 0.353 e. The van der Waals surface area contributed by atoms with Crippen LogP contribution in [0.2, 0.25) is 0 Å². The van der Waals surface area contributed by atoms with Gasteiger partial charge in [0, 0.05) is 25.0 Å². The van der Waals surface area contributed by atoms with Gasteiger partial charge in [-0.1, -0.05) is 12.8 Å². The van der Waals surface area contributed by atoms with E-state index in [1.165, 1.54) is 25.7 Å². The van der Waals surface area contributed by atoms with Crippen LogP contribution in [0, 0.1) is 0 Å². The van der Waals surface area contributed by atoms with Gasteiger partial charge in [0.2, 0.25) is 5.91 Å². The maximum atomic E-state index is 11.6. The third kappa shape index (κ3) is 3.60. The monoisotopic (exact) mass is 235 g/mol. The molecule has 1 heterocycles. The number of carbonyl (C=O) groups excluding carboxylic acids is 1. The molecule has 0 bridgehead atoms. The molecule has 1 saturated carbocycles. The lowest BCUT2D eigenvalue weighted by molar-refractivity contribution is -0.120. The first-order valence-corrected chi connectivity index (χ1v) is 6.36. The Morgan fingerprint density at radius 3 is 2.88 bits per heavy atom. The first-order valence-electron chi connectivity index (χ1n) is 6.36. The molecule has 2 N–H and O–H groups in total. The van der Waals surface area contributed by atoms with Crippen LogP contribution in [0.5, 0.6) is 0 Å². The smallest absolute Gasteiger partial charge is 0.234 e. The molecule has 1 aromatic rings. The summed E-state index contributed by atoms with van der Waals surface area (Å²) >= 11 is 0. The van der Waals surface area contributed by atoms with Gasteiger partial charge in [-0.25, -0.2) is 0 Å². The zero-order chi connectivity index (χ0) is 12.1. The molecule has 1 amide bonds. The van der Waals surface area contributed by atoms with Gasteiger partial charge in [-0.3, -0.25) is 4.79 Å². The summed E-state index contributed by atoms with van der Waals surface area (Å²) in [6.07, 6.45) is 7.00. The lowest BCUT2D eigenvalue weighted by Gasteiger charge is -2.11. The predicted molar refractivity (Wildman–Crippen MR) is 67.5 cm³/mol. The van der Waals surface area contributed by atoms with E-state index in [-0.39, 0.29) is 5.91 Å². The van der Waals surface area contributed by atoms with Crippen molar-refractivity contribution >= 4 is 5.91 Å². The van der Waals surface area contributed by atoms with E-state index in [9.17, 15) is 4.79 Å². The van der Waals surface area contributed by atoms with Crippen LogP contribution in [0.15, 0.2) is 18.3 Å². The summed E-state index contributed by atoms with van der Waals surface area (Å²) in [6, 6.07) is 4.55. The van der Waals surface area contributed by atoms with E-state index in [4.69, 9.17) is 0 Å². The molecule has 4 heteroatoms. The lowest BCUT2D eigenvalue weighted by Crippen LogP contribution is -2.38. The topological polar surface area (TPSA) is 46.1 Å². The first-order chi connectivity index (χ1) is 8.25. The molecule has 2 rings (SSSR count). The molecule has 0 aliphatic heterocycles. The molecule has 0 spiro atoms. The van der Waals surface area contributed by atoms with Crippen molar-refractivity contribution in [1.29, 1.82) is 0 Å². The number of nitrogens with one attached hydrogen (secondary N) is 2. The average molecular weight is 235 g/mol. The van der Waals surface area contributed by atoms with Gasteiger partial charge in [-0.05, 0) is 25.0 Å². The fourth-order valence-corrected chi connectivity index (χ4v) is 2.30. The Balaban J connectivity index is 1.65. The molecule has 0 atom stereocenters. The van der Waals surface area contributed by atoms with E-state index in [0.717, 1.165) is 5.69 Å². The lowest BCUT2D eigenvalue weighted by atomic mass is 10.2. The third-order valence-electron chi connectivity index (χ3n) is 3.42. The fourth-order valence-electron chi connectivity index (χ4n) is 2.30. The van der Waals surface area contributed by atoms with Crippen molar-refractivity contribution in [3.8, 4) is 0 Å². The van der Waals surface area contributed by atoms with Gasteiger partial charge in [0.05, 0.1) is 13.1 Å². The second kappa shape index (κ2) is 5.87. The predicted octanol–water partition coefficient (Wildman–Crippen LogP) is 1.17. The Bertz CT molecular complexity index is 366. The average Bonchev–Trinajstić information content (AvgIpc) is 2.95. The molecule has 1 aromatic heterocycles. The molecule has 1 fully saturated rings. The highest BCUT2D eigenvalue weighted by Gasteiger charge is 2.15. The zero-order valence-electron chi connectivity index (χ0n) is 10.4. The number of hydrogen-bond acceptors (Lipinski definition) is 2. The quantitative estimate of drug-likeness (QED) is 0.805. The van der Waals surface area contributed by atoms with Crippen molar-refractivity contribution in [1.82, 2.24) is 15.2 Å². The summed E-state index contributed by atoms with van der Waals surface area (Å²) in [7, 11) is 1.98. The van der Waals surface area contributed by atoms with Crippen LogP contribution in [0.3, 0.4) is 0 Å². The summed E-state index contributed by atoms with van der Waals surface area (Å²) in [5.41, 5.74) is 1.12. The summed E-state index contributed by atoms with van der Waals surface area (Å²) in [4.78, 5) is 11.6. The molecule has 0 radical (unpaired) electrons. The number of aromatic nitrogens is 1. The van der Waals surface area contributed by atoms with E-state index in [2.05, 4.69) is 10.6 Å². The zero-order valence-corrected chi connectivity index (χ0v) is 10.4. The highest BCUT2D eigenvalue weighted by molar-refractivity contribution is 5.77. The fraction of sp³-hybridized carbons (Fsp3) is 0.615. The Morgan fingerprint density at radius 2 is 2.24 bits per heavy atom. The molecule has 1 aliphatic carbocycles. The van der Waals surface area contributed by atoms with Crippen LogP contribution in [0.25, 0.3) is 0 Å². The number of nitrogens with zero attached hydrogens (tertiary/aromatic N) is 1. The van der Waals surface area contributed by atoms with Gasteiger partial charge in [0.25, 0.3) is 0 Å². The Labute approximate surface area is 102 Å². The highest BCUT2D eigenvalue weighted by atomic mass is 16.1. The number of rotatable bonds is 5. The van der Waals surface area contributed by atoms with Crippen LogP contribution in [0.4, 0.5) is 0 Å². The Kier molecular flexibility index (Phi) is 4.20. The number of hydrogen-bond donors (Lipinski definition) is 2. The minimum atomic E-state index is 0.0816. The van der Waals surface area contributed by atoms with Crippen molar-refractivity contribution < 1.29 is 4.79 Å². The summed E-state index contributed by atoms with van der Waals surface area (Å²) < 4.78 is 2.02. The SMILES string of the molecule is Cn1cccc1CNC(=O)CNC1CCCC1. The van der Waals surface area contributed by atoms with E-state index in [1.54, 1.807) is 0 Å². The van der Waals surface area contributed by atoms with Gasteiger partial charge >= 0.3 is 0 Å². The van der Waals surface area contributed by atoms with E-state index in [0.29, 0.717) is 19.1 Å². The molecule has 0 saturated heterocycles. The Morgan fingerprint density at radius 1 is 1.47 bits per heavy atom. The normalized spacial score (nSPS) is 16.3. The maximum absolute atomic E-state index is 11.6. The molecule has 0 aromatic carbocycles. The number of amides is 1. The van der Waals surface area contributed by atoms with E-state index < -0.39 is 0 Å². The second-order valence-electron chi connectivity index (χ2n) is 4.75. The Hall–Kier alpha value is -1.29. The van der Waals surface area contributed by atoms with Crippen LogP contribution in [-0.4, -0.2) is 23.1 Å². The van der Waals surface area contributed by atoms with Crippen LogP contribution in [0.1, 0.15) is 31.4 Å². The van der Waals surface area contributed by atoms with Gasteiger partial charge in [-0.2, -0.15) is 0 Å². The third-order valence-corrected chi connectivity index (χ3v) is 3.42. The van der Waals surface area contributed by atoms with Crippen molar-refractivity contribution in [2.45, 2.75) is 38.3 Å². The standard InChI is InChI=1S/C13H21N3O/c1-16-8-4-7-12(16)9-15-13(17)10-14-11-5-2-3-6-11/h4,7-8,11,14H,2-3,5-6,9-10H2,1H3,(H,15,17). The van der Waals surface area contributed by atoms with Crippen LogP contribution < -0.4 is 10.6 Å². The number of aryl methyl sites for hydroxylation is 1. The number of carbonyl (C=O) groups is 1. The summed E-state index contributed by atoms with van der Waals surface area (Å²) in [5.74, 6) is 0.0816. The maximum Gasteiger partial charge on any atom is 0.234 e. The van der Waals surface area contributed by atoms with Crippen LogP contribution in [-0.2, 0) is 18.4 Å². The molecular formula is C13H21N3O. The van der Waals surface area contributed by atoms with Crippen molar-refractivity contribution in [2.75, 3.05) is 6.54 Å². The second-order valence-corrected chi connectivity index (χ2v) is 4.75. The summed E-state index contributed by atoms with van der Waals surface area (Å²) in [5, 5.41) is 6.23. The highest BCUT2D eigenvalue weighted by Crippen LogP contribution is 2.17. The molecule has 94 valence electrons. The molecule has 4 nitrogen and oxygen atoms in total. The summed E-state index contributed by atoms with van der Waals surface area (Å²) in [6.45, 7) is 1.05. The van der Waals surface area contributed by atoms with Crippen LogP contribution >= 0.6 is 0 Å². The van der Waals surface area contributed by atoms with E-state index >= 15 is 0 Å². The van der Waals surface area contributed by atoms with Gasteiger partial charge in [-0.15, -0.1) is 0 Å². The van der Waals surface area contributed by atoms with Crippen molar-refractivity contribution in [3.63, 3.8) is 0 Å². The molecule has 17 heavy (non-hydrogen) atoms. The molecular weight excluding hydrogens is 214 g/mol. The van der Waals surface area contributed by atoms with Gasteiger partial charge < -0.3 is 15.2 Å². The van der Waals surface area contributed by atoms with E-state index in [1.807, 2.05) is 29.9 Å².